The van der Waals surface area contributed by atoms with E-state index in [4.69, 9.17) is 4.74 Å². The fourth-order valence-corrected chi connectivity index (χ4v) is 1.80. The lowest BCUT2D eigenvalue weighted by Gasteiger charge is -2.17. The van der Waals surface area contributed by atoms with E-state index in [-0.39, 0.29) is 11.3 Å². The topological polar surface area (TPSA) is 79.2 Å². The Hall–Kier alpha value is -2.89. The predicted octanol–water partition coefficient (Wildman–Crippen LogP) is 3.21. The van der Waals surface area contributed by atoms with Crippen LogP contribution in [0.1, 0.15) is 10.4 Å². The number of methoxy groups -OCH3 is 1. The van der Waals surface area contributed by atoms with E-state index in [1.807, 2.05) is 0 Å². The molecule has 0 heterocycles. The molecule has 0 saturated carbocycles. The van der Waals surface area contributed by atoms with Crippen LogP contribution >= 0.6 is 0 Å². The molecule has 2 aromatic rings. The van der Waals surface area contributed by atoms with Crippen molar-refractivity contribution in [2.75, 3.05) is 12.1 Å². The summed E-state index contributed by atoms with van der Waals surface area (Å²) in [5.74, 6) is -0.770. The summed E-state index contributed by atoms with van der Waals surface area (Å²) in [5, 5.41) is 13.2. The number of hydrogen-bond donors (Lipinski definition) is 1. The maximum Gasteiger partial charge on any atom is 0.338 e. The molecule has 0 spiro atoms. The third-order valence-electron chi connectivity index (χ3n) is 2.74. The van der Waals surface area contributed by atoms with Gasteiger partial charge in [-0.1, -0.05) is 18.2 Å². The minimum absolute atomic E-state index is 0.0622. The molecule has 102 valence electrons. The monoisotopic (exact) mass is 272 g/mol. The van der Waals surface area contributed by atoms with Crippen molar-refractivity contribution >= 4 is 17.3 Å². The molecule has 0 fully saturated rings. The number of rotatable bonds is 5. The number of carboxylic acids is 1. The molecular weight excluding hydrogens is 260 g/mol. The SMILES string of the molecule is COc1ccc(N(N=O)c2ccccc2)c(C(=O)O)c1. The first kappa shape index (κ1) is 13.5. The summed E-state index contributed by atoms with van der Waals surface area (Å²) in [6.07, 6.45) is 0. The second-order valence-electron chi connectivity index (χ2n) is 3.92. The molecule has 0 amide bonds. The van der Waals surface area contributed by atoms with Crippen LogP contribution in [0.5, 0.6) is 5.75 Å². The molecule has 6 heteroatoms. The number of hydrogen-bond acceptors (Lipinski definition) is 4. The molecule has 0 bridgehead atoms. The van der Waals surface area contributed by atoms with E-state index in [2.05, 4.69) is 5.29 Å². The standard InChI is InChI=1S/C14H12N2O4/c1-20-11-7-8-13(12(9-11)14(17)18)16(15-19)10-5-3-2-4-6-10/h2-9H,1H3,(H,17,18). The maximum absolute atomic E-state index is 11.3. The third kappa shape index (κ3) is 2.59. The summed E-state index contributed by atoms with van der Waals surface area (Å²) in [5.41, 5.74) is 0.600. The zero-order chi connectivity index (χ0) is 14.5. The molecule has 0 radical (unpaired) electrons. The summed E-state index contributed by atoms with van der Waals surface area (Å²) < 4.78 is 4.99. The van der Waals surface area contributed by atoms with Gasteiger partial charge in [-0.2, -0.15) is 5.01 Å². The number of benzene rings is 2. The van der Waals surface area contributed by atoms with Gasteiger partial charge in [0.15, 0.2) is 0 Å². The lowest BCUT2D eigenvalue weighted by molar-refractivity contribution is 0.0697. The number of ether oxygens (including phenoxy) is 1. The minimum Gasteiger partial charge on any atom is -0.497 e. The van der Waals surface area contributed by atoms with Crippen molar-refractivity contribution in [3.63, 3.8) is 0 Å². The first-order valence-electron chi connectivity index (χ1n) is 5.77. The number of para-hydroxylation sites is 1. The van der Waals surface area contributed by atoms with Gasteiger partial charge in [0, 0.05) is 0 Å². The molecule has 6 nitrogen and oxygen atoms in total. The molecule has 0 aliphatic heterocycles. The zero-order valence-electron chi connectivity index (χ0n) is 10.7. The Kier molecular flexibility index (Phi) is 3.95. The van der Waals surface area contributed by atoms with Gasteiger partial charge in [0.05, 0.1) is 29.3 Å². The van der Waals surface area contributed by atoms with Gasteiger partial charge in [-0.05, 0) is 30.3 Å². The summed E-state index contributed by atoms with van der Waals surface area (Å²) in [7, 11) is 1.44. The summed E-state index contributed by atoms with van der Waals surface area (Å²) in [6.45, 7) is 0. The van der Waals surface area contributed by atoms with Crippen LogP contribution in [-0.2, 0) is 0 Å². The molecular formula is C14H12N2O4. The van der Waals surface area contributed by atoms with Crippen molar-refractivity contribution in [2.45, 2.75) is 0 Å². The summed E-state index contributed by atoms with van der Waals surface area (Å²) in [6, 6.07) is 13.0. The van der Waals surface area contributed by atoms with Gasteiger partial charge in [-0.15, -0.1) is 4.91 Å². The average Bonchev–Trinajstić information content (AvgIpc) is 2.49. The van der Waals surface area contributed by atoms with Crippen LogP contribution < -0.4 is 9.75 Å². The van der Waals surface area contributed by atoms with E-state index < -0.39 is 5.97 Å². The lowest BCUT2D eigenvalue weighted by atomic mass is 10.1. The largest absolute Gasteiger partial charge is 0.497 e. The highest BCUT2D eigenvalue weighted by atomic mass is 16.5. The number of nitrogens with zero attached hydrogens (tertiary/aromatic N) is 2. The van der Waals surface area contributed by atoms with Crippen LogP contribution in [0, 0.1) is 4.91 Å². The van der Waals surface area contributed by atoms with Crippen molar-refractivity contribution in [3.8, 4) is 5.75 Å². The van der Waals surface area contributed by atoms with E-state index in [1.165, 1.54) is 19.2 Å². The first-order chi connectivity index (χ1) is 9.67. The van der Waals surface area contributed by atoms with Gasteiger partial charge < -0.3 is 9.84 Å². The van der Waals surface area contributed by atoms with Gasteiger partial charge in [0.25, 0.3) is 0 Å². The number of aromatic carboxylic acids is 1. The molecule has 2 aromatic carbocycles. The van der Waals surface area contributed by atoms with Gasteiger partial charge in [-0.3, -0.25) is 0 Å². The van der Waals surface area contributed by atoms with E-state index in [0.29, 0.717) is 11.4 Å². The second kappa shape index (κ2) is 5.83. The number of anilines is 2. The molecule has 0 saturated heterocycles. The molecule has 20 heavy (non-hydrogen) atoms. The maximum atomic E-state index is 11.3. The van der Waals surface area contributed by atoms with Crippen molar-refractivity contribution in [1.29, 1.82) is 0 Å². The summed E-state index contributed by atoms with van der Waals surface area (Å²) in [4.78, 5) is 22.4. The zero-order valence-corrected chi connectivity index (χ0v) is 10.7. The van der Waals surface area contributed by atoms with Crippen molar-refractivity contribution in [2.24, 2.45) is 5.29 Å². The Bertz CT molecular complexity index is 628. The van der Waals surface area contributed by atoms with Crippen LogP contribution in [0.4, 0.5) is 11.4 Å². The number of nitroso groups, excluding NO2 is 1. The number of carboxylic acid groups (broad SMARTS) is 1. The van der Waals surface area contributed by atoms with Crippen molar-refractivity contribution < 1.29 is 14.6 Å². The lowest BCUT2D eigenvalue weighted by Crippen LogP contribution is -2.12. The quantitative estimate of drug-likeness (QED) is 0.667. The average molecular weight is 272 g/mol. The van der Waals surface area contributed by atoms with Crippen LogP contribution in [0.25, 0.3) is 0 Å². The van der Waals surface area contributed by atoms with E-state index >= 15 is 0 Å². The first-order valence-corrected chi connectivity index (χ1v) is 5.77. The second-order valence-corrected chi connectivity index (χ2v) is 3.92. The van der Waals surface area contributed by atoms with Gasteiger partial charge >= 0.3 is 5.97 Å². The minimum atomic E-state index is -1.16. The van der Waals surface area contributed by atoms with E-state index in [0.717, 1.165) is 5.01 Å². The normalized spacial score (nSPS) is 9.85. The van der Waals surface area contributed by atoms with Gasteiger partial charge in [-0.25, -0.2) is 4.79 Å². The smallest absolute Gasteiger partial charge is 0.338 e. The van der Waals surface area contributed by atoms with Crippen LogP contribution in [0.3, 0.4) is 0 Å². The highest BCUT2D eigenvalue weighted by Crippen LogP contribution is 2.31. The molecule has 2 rings (SSSR count). The molecule has 0 unspecified atom stereocenters. The Morgan fingerprint density at radius 3 is 2.45 bits per heavy atom. The highest BCUT2D eigenvalue weighted by molar-refractivity contribution is 5.96. The molecule has 0 aliphatic rings. The van der Waals surface area contributed by atoms with E-state index in [9.17, 15) is 14.8 Å². The Morgan fingerprint density at radius 2 is 1.90 bits per heavy atom. The van der Waals surface area contributed by atoms with E-state index in [1.54, 1.807) is 36.4 Å². The van der Waals surface area contributed by atoms with Crippen LogP contribution in [0.2, 0.25) is 0 Å². The molecule has 1 N–H and O–H groups in total. The van der Waals surface area contributed by atoms with Gasteiger partial charge in [0.2, 0.25) is 0 Å². The molecule has 0 atom stereocenters. The van der Waals surface area contributed by atoms with Crippen molar-refractivity contribution in [3.05, 3.63) is 59.0 Å². The predicted molar refractivity (Wildman–Crippen MR) is 74.3 cm³/mol. The Balaban J connectivity index is 2.55. The molecule has 0 aromatic heterocycles. The Morgan fingerprint density at radius 1 is 1.20 bits per heavy atom. The van der Waals surface area contributed by atoms with Crippen LogP contribution in [-0.4, -0.2) is 18.2 Å². The Labute approximate surface area is 115 Å². The van der Waals surface area contributed by atoms with Crippen molar-refractivity contribution in [1.82, 2.24) is 0 Å². The highest BCUT2D eigenvalue weighted by Gasteiger charge is 2.19. The fraction of sp³-hybridized carbons (Fsp3) is 0.0714. The summed E-state index contributed by atoms with van der Waals surface area (Å²) >= 11 is 0. The molecule has 0 aliphatic carbocycles. The van der Waals surface area contributed by atoms with Crippen LogP contribution in [0.15, 0.2) is 53.8 Å². The van der Waals surface area contributed by atoms with Gasteiger partial charge in [0.1, 0.15) is 5.75 Å². The third-order valence-corrected chi connectivity index (χ3v) is 2.74. The number of carbonyl (C=O) groups is 1. The fourth-order valence-electron chi connectivity index (χ4n) is 1.80.